The van der Waals surface area contributed by atoms with Gasteiger partial charge >= 0.3 is 12.1 Å². The number of fused-ring (bicyclic) bond motifs is 3. The van der Waals surface area contributed by atoms with Crippen LogP contribution in [0.2, 0.25) is 0 Å². The number of nitrogens with one attached hydrogen (secondary N) is 1. The summed E-state index contributed by atoms with van der Waals surface area (Å²) in [5.41, 5.74) is 5.13. The van der Waals surface area contributed by atoms with E-state index in [1.807, 2.05) is 36.4 Å². The lowest BCUT2D eigenvalue weighted by Gasteiger charge is -2.19. The van der Waals surface area contributed by atoms with Crippen LogP contribution in [0.15, 0.2) is 85.5 Å². The monoisotopic (exact) mass is 445 g/mol. The molecule has 0 saturated carbocycles. The van der Waals surface area contributed by atoms with Gasteiger partial charge in [-0.15, -0.1) is 0 Å². The summed E-state index contributed by atoms with van der Waals surface area (Å²) in [7, 11) is 0. The summed E-state index contributed by atoms with van der Waals surface area (Å²) in [6, 6.07) is 20.8. The van der Waals surface area contributed by atoms with Crippen molar-refractivity contribution in [2.45, 2.75) is 18.4 Å². The quantitative estimate of drug-likeness (QED) is 0.391. The van der Waals surface area contributed by atoms with Crippen molar-refractivity contribution in [2.24, 2.45) is 0 Å². The molecule has 0 fully saturated rings. The lowest BCUT2D eigenvalue weighted by atomic mass is 9.98. The Balaban J connectivity index is 1.44. The molecule has 4 rings (SSSR count). The number of carbonyl (C=O) groups excluding carboxylic acids is 2. The molecule has 0 saturated heterocycles. The minimum absolute atomic E-state index is 0.0190. The van der Waals surface area contributed by atoms with Crippen LogP contribution in [0, 0.1) is 5.82 Å². The van der Waals surface area contributed by atoms with Crippen molar-refractivity contribution in [3.8, 4) is 11.1 Å². The first-order chi connectivity index (χ1) is 16.1. The van der Waals surface area contributed by atoms with E-state index in [0.717, 1.165) is 22.3 Å². The van der Waals surface area contributed by atoms with Crippen molar-refractivity contribution in [2.75, 3.05) is 13.2 Å². The largest absolute Gasteiger partial charge is 0.460 e. The summed E-state index contributed by atoms with van der Waals surface area (Å²) in [4.78, 5) is 25.1. The van der Waals surface area contributed by atoms with Gasteiger partial charge in [0.15, 0.2) is 0 Å². The third kappa shape index (κ3) is 5.12. The van der Waals surface area contributed by atoms with E-state index >= 15 is 0 Å². The van der Waals surface area contributed by atoms with Crippen molar-refractivity contribution in [1.29, 1.82) is 0 Å². The molecule has 1 atom stereocenters. The maximum absolute atomic E-state index is 13.2. The standard InChI is InChI=1S/C27H24FNO4/c1-2-15-32-26(30)25(16-18-11-13-19(28)14-12-18)29-27(31)33-17-24-22-9-5-3-7-20(22)21-8-4-6-10-23(21)24/h2-14,24-25H,1,15-17H2,(H,29,31)/t25-/m0/s1. The zero-order chi connectivity index (χ0) is 23.2. The number of hydrogen-bond donors (Lipinski definition) is 1. The zero-order valence-corrected chi connectivity index (χ0v) is 18.0. The van der Waals surface area contributed by atoms with Crippen LogP contribution in [-0.4, -0.2) is 31.3 Å². The molecule has 1 aliphatic carbocycles. The molecule has 168 valence electrons. The van der Waals surface area contributed by atoms with Crippen LogP contribution in [0.5, 0.6) is 0 Å². The van der Waals surface area contributed by atoms with E-state index < -0.39 is 18.1 Å². The van der Waals surface area contributed by atoms with Crippen LogP contribution in [0.1, 0.15) is 22.6 Å². The Morgan fingerprint density at radius 3 is 2.15 bits per heavy atom. The van der Waals surface area contributed by atoms with Crippen molar-refractivity contribution >= 4 is 12.1 Å². The molecular weight excluding hydrogens is 421 g/mol. The van der Waals surface area contributed by atoms with Crippen molar-refractivity contribution < 1.29 is 23.5 Å². The van der Waals surface area contributed by atoms with Crippen molar-refractivity contribution in [3.05, 3.63) is 108 Å². The number of alkyl carbamates (subject to hydrolysis) is 1. The molecule has 0 bridgehead atoms. The van der Waals surface area contributed by atoms with E-state index in [4.69, 9.17) is 9.47 Å². The number of halogens is 1. The van der Waals surface area contributed by atoms with E-state index in [1.54, 1.807) is 12.1 Å². The number of amides is 1. The SMILES string of the molecule is C=CCOC(=O)[C@H](Cc1ccc(F)cc1)NC(=O)OCC1c2ccccc2-c2ccccc21. The highest BCUT2D eigenvalue weighted by atomic mass is 19.1. The van der Waals surface area contributed by atoms with E-state index in [9.17, 15) is 14.0 Å². The second kappa shape index (κ2) is 10.1. The average Bonchev–Trinajstić information content (AvgIpc) is 3.16. The summed E-state index contributed by atoms with van der Waals surface area (Å²) in [6.07, 6.45) is 0.861. The molecule has 6 heteroatoms. The molecule has 0 heterocycles. The first kappa shape index (κ1) is 22.3. The van der Waals surface area contributed by atoms with E-state index in [2.05, 4.69) is 24.0 Å². The van der Waals surface area contributed by atoms with Gasteiger partial charge < -0.3 is 14.8 Å². The zero-order valence-electron chi connectivity index (χ0n) is 18.0. The summed E-state index contributed by atoms with van der Waals surface area (Å²) in [5.74, 6) is -1.09. The molecule has 0 unspecified atom stereocenters. The highest BCUT2D eigenvalue weighted by Crippen LogP contribution is 2.44. The molecule has 1 amide bonds. The Labute approximate surface area is 191 Å². The topological polar surface area (TPSA) is 64.6 Å². The van der Waals surface area contributed by atoms with Crippen LogP contribution in [0.4, 0.5) is 9.18 Å². The van der Waals surface area contributed by atoms with Gasteiger partial charge in [-0.1, -0.05) is 73.3 Å². The molecular formula is C27H24FNO4. The van der Waals surface area contributed by atoms with Gasteiger partial charge in [-0.25, -0.2) is 14.0 Å². The molecule has 1 N–H and O–H groups in total. The Bertz CT molecular complexity index is 1110. The fourth-order valence-corrected chi connectivity index (χ4v) is 4.07. The van der Waals surface area contributed by atoms with Crippen LogP contribution < -0.4 is 5.32 Å². The molecule has 0 radical (unpaired) electrons. The van der Waals surface area contributed by atoms with Crippen LogP contribution in [0.3, 0.4) is 0 Å². The first-order valence-corrected chi connectivity index (χ1v) is 10.7. The fourth-order valence-electron chi connectivity index (χ4n) is 4.07. The Morgan fingerprint density at radius 2 is 1.55 bits per heavy atom. The number of ether oxygens (including phenoxy) is 2. The summed E-state index contributed by atoms with van der Waals surface area (Å²) >= 11 is 0. The lowest BCUT2D eigenvalue weighted by Crippen LogP contribution is -2.44. The van der Waals surface area contributed by atoms with E-state index in [0.29, 0.717) is 5.56 Å². The summed E-state index contributed by atoms with van der Waals surface area (Å²) in [5, 5.41) is 2.60. The van der Waals surface area contributed by atoms with Gasteiger partial charge in [0.05, 0.1) is 0 Å². The van der Waals surface area contributed by atoms with Gasteiger partial charge in [0.2, 0.25) is 0 Å². The number of esters is 1. The van der Waals surface area contributed by atoms with Crippen molar-refractivity contribution in [1.82, 2.24) is 5.32 Å². The predicted molar refractivity (Wildman–Crippen MR) is 123 cm³/mol. The number of carbonyl (C=O) groups is 2. The molecule has 0 aromatic heterocycles. The molecule has 3 aromatic carbocycles. The maximum atomic E-state index is 13.2. The van der Waals surface area contributed by atoms with Gasteiger partial charge in [0.25, 0.3) is 0 Å². The lowest BCUT2D eigenvalue weighted by molar-refractivity contribution is -0.144. The molecule has 1 aliphatic rings. The average molecular weight is 445 g/mol. The smallest absolute Gasteiger partial charge is 0.407 e. The number of rotatable bonds is 8. The minimum atomic E-state index is -0.980. The number of hydrogen-bond acceptors (Lipinski definition) is 4. The molecule has 5 nitrogen and oxygen atoms in total. The fraction of sp³-hybridized carbons (Fsp3) is 0.185. The van der Waals surface area contributed by atoms with Crippen LogP contribution in [-0.2, 0) is 20.7 Å². The van der Waals surface area contributed by atoms with Gasteiger partial charge in [-0.2, -0.15) is 0 Å². The summed E-state index contributed by atoms with van der Waals surface area (Å²) < 4.78 is 23.9. The Kier molecular flexibility index (Phi) is 6.83. The molecule has 3 aromatic rings. The van der Waals surface area contributed by atoms with Gasteiger partial charge in [0.1, 0.15) is 25.1 Å². The van der Waals surface area contributed by atoms with E-state index in [1.165, 1.54) is 18.2 Å². The summed E-state index contributed by atoms with van der Waals surface area (Å²) in [6.45, 7) is 3.67. The highest BCUT2D eigenvalue weighted by molar-refractivity contribution is 5.82. The normalized spacial score (nSPS) is 12.9. The third-order valence-corrected chi connectivity index (χ3v) is 5.62. The molecule has 33 heavy (non-hydrogen) atoms. The van der Waals surface area contributed by atoms with E-state index in [-0.39, 0.29) is 31.4 Å². The molecule has 0 aliphatic heterocycles. The van der Waals surface area contributed by atoms with Gasteiger partial charge in [-0.05, 0) is 39.9 Å². The van der Waals surface area contributed by atoms with Crippen molar-refractivity contribution in [3.63, 3.8) is 0 Å². The first-order valence-electron chi connectivity index (χ1n) is 10.7. The number of benzene rings is 3. The minimum Gasteiger partial charge on any atom is -0.460 e. The molecule has 0 spiro atoms. The second-order valence-corrected chi connectivity index (χ2v) is 7.77. The van der Waals surface area contributed by atoms with Crippen LogP contribution >= 0.6 is 0 Å². The predicted octanol–water partition coefficient (Wildman–Crippen LogP) is 5.00. The third-order valence-electron chi connectivity index (χ3n) is 5.62. The highest BCUT2D eigenvalue weighted by Gasteiger charge is 2.30. The van der Waals surface area contributed by atoms with Crippen LogP contribution in [0.25, 0.3) is 11.1 Å². The van der Waals surface area contributed by atoms with Gasteiger partial charge in [0, 0.05) is 12.3 Å². The Morgan fingerprint density at radius 1 is 0.939 bits per heavy atom. The second-order valence-electron chi connectivity index (χ2n) is 7.77. The Hall–Kier alpha value is -3.93. The van der Waals surface area contributed by atoms with Gasteiger partial charge in [-0.3, -0.25) is 0 Å². The maximum Gasteiger partial charge on any atom is 0.407 e.